The molecule has 6 heteroatoms. The third kappa shape index (κ3) is 6.37. The first-order valence-corrected chi connectivity index (χ1v) is 6.76. The Kier molecular flexibility index (Phi) is 7.42. The number of carbonyl (C=O) groups is 2. The summed E-state index contributed by atoms with van der Waals surface area (Å²) in [6.45, 7) is 3.81. The van der Waals surface area contributed by atoms with Gasteiger partial charge in [0, 0.05) is 20.2 Å². The molecule has 0 heterocycles. The van der Waals surface area contributed by atoms with Crippen molar-refractivity contribution in [2.45, 2.75) is 13.5 Å². The molecular weight excluding hydrogens is 274 g/mol. The molecule has 1 rings (SSSR count). The quantitative estimate of drug-likeness (QED) is 0.697. The predicted octanol–water partition coefficient (Wildman–Crippen LogP) is 1.40. The number of hydrogen-bond donors (Lipinski definition) is 1. The maximum absolute atomic E-state index is 11.8. The Morgan fingerprint density at radius 2 is 1.76 bits per heavy atom. The standard InChI is InChI=1S/C15H21NO5/c1-3-20-8-9-21-11-14(17)16(2)10-12-4-6-13(7-5-12)15(18)19/h4-7H,3,8-11H2,1-2H3,(H,18,19). The van der Waals surface area contributed by atoms with E-state index in [-0.39, 0.29) is 18.1 Å². The van der Waals surface area contributed by atoms with Crippen molar-refractivity contribution in [1.29, 1.82) is 0 Å². The fourth-order valence-electron chi connectivity index (χ4n) is 1.65. The molecule has 6 nitrogen and oxygen atoms in total. The lowest BCUT2D eigenvalue weighted by atomic mass is 10.1. The molecule has 0 unspecified atom stereocenters. The van der Waals surface area contributed by atoms with Crippen molar-refractivity contribution in [3.05, 3.63) is 35.4 Å². The number of amides is 1. The van der Waals surface area contributed by atoms with Crippen molar-refractivity contribution in [2.75, 3.05) is 33.5 Å². The van der Waals surface area contributed by atoms with Gasteiger partial charge in [0.2, 0.25) is 5.91 Å². The lowest BCUT2D eigenvalue weighted by Crippen LogP contribution is -2.30. The molecular formula is C15H21NO5. The molecule has 0 saturated carbocycles. The average Bonchev–Trinajstić information content (AvgIpc) is 2.47. The normalized spacial score (nSPS) is 10.4. The van der Waals surface area contributed by atoms with E-state index in [0.29, 0.717) is 26.4 Å². The molecule has 0 aliphatic rings. The molecule has 1 aromatic rings. The largest absolute Gasteiger partial charge is 0.478 e. The predicted molar refractivity (Wildman–Crippen MR) is 77.2 cm³/mol. The molecule has 0 fully saturated rings. The van der Waals surface area contributed by atoms with Gasteiger partial charge < -0.3 is 19.5 Å². The summed E-state index contributed by atoms with van der Waals surface area (Å²) in [5.41, 5.74) is 1.09. The summed E-state index contributed by atoms with van der Waals surface area (Å²) in [5, 5.41) is 8.81. The highest BCUT2D eigenvalue weighted by atomic mass is 16.5. The van der Waals surface area contributed by atoms with E-state index in [9.17, 15) is 9.59 Å². The van der Waals surface area contributed by atoms with Crippen LogP contribution in [-0.4, -0.2) is 55.4 Å². The van der Waals surface area contributed by atoms with Gasteiger partial charge in [-0.1, -0.05) is 12.1 Å². The van der Waals surface area contributed by atoms with Crippen LogP contribution in [0.25, 0.3) is 0 Å². The number of ether oxygens (including phenoxy) is 2. The van der Waals surface area contributed by atoms with Gasteiger partial charge in [0.25, 0.3) is 0 Å². The second kappa shape index (κ2) is 9.10. The zero-order valence-corrected chi connectivity index (χ0v) is 12.4. The Bertz CT molecular complexity index is 458. The number of aromatic carboxylic acids is 1. The lowest BCUT2D eigenvalue weighted by Gasteiger charge is -2.17. The summed E-state index contributed by atoms with van der Waals surface area (Å²) in [5.74, 6) is -1.09. The molecule has 0 radical (unpaired) electrons. The maximum atomic E-state index is 11.8. The zero-order chi connectivity index (χ0) is 15.7. The summed E-state index contributed by atoms with van der Waals surface area (Å²) in [6.07, 6.45) is 0. The minimum absolute atomic E-state index is 0.0107. The van der Waals surface area contributed by atoms with E-state index in [1.165, 1.54) is 17.0 Å². The van der Waals surface area contributed by atoms with Gasteiger partial charge in [0.15, 0.2) is 0 Å². The molecule has 0 spiro atoms. The molecule has 1 amide bonds. The van der Waals surface area contributed by atoms with Crippen LogP contribution >= 0.6 is 0 Å². The van der Waals surface area contributed by atoms with E-state index >= 15 is 0 Å². The summed E-state index contributed by atoms with van der Waals surface area (Å²) < 4.78 is 10.3. The molecule has 1 aromatic carbocycles. The van der Waals surface area contributed by atoms with E-state index in [1.807, 2.05) is 6.92 Å². The lowest BCUT2D eigenvalue weighted by molar-refractivity contribution is -0.135. The summed E-state index contributed by atoms with van der Waals surface area (Å²) in [6, 6.07) is 6.44. The number of likely N-dealkylation sites (N-methyl/N-ethyl adjacent to an activating group) is 1. The molecule has 0 aliphatic carbocycles. The Labute approximate surface area is 124 Å². The van der Waals surface area contributed by atoms with Gasteiger partial charge in [-0.3, -0.25) is 4.79 Å². The first-order valence-electron chi connectivity index (χ1n) is 6.76. The van der Waals surface area contributed by atoms with Gasteiger partial charge in [0.1, 0.15) is 6.61 Å². The summed E-state index contributed by atoms with van der Waals surface area (Å²) in [7, 11) is 1.68. The van der Waals surface area contributed by atoms with E-state index in [1.54, 1.807) is 19.2 Å². The van der Waals surface area contributed by atoms with Crippen LogP contribution in [0.15, 0.2) is 24.3 Å². The Balaban J connectivity index is 2.36. The first-order chi connectivity index (χ1) is 10.0. The van der Waals surface area contributed by atoms with Crippen molar-refractivity contribution < 1.29 is 24.2 Å². The van der Waals surface area contributed by atoms with Crippen LogP contribution < -0.4 is 0 Å². The summed E-state index contributed by atoms with van der Waals surface area (Å²) >= 11 is 0. The molecule has 0 atom stereocenters. The van der Waals surface area contributed by atoms with Crippen molar-refractivity contribution in [3.8, 4) is 0 Å². The van der Waals surface area contributed by atoms with Crippen LogP contribution in [-0.2, 0) is 20.8 Å². The van der Waals surface area contributed by atoms with E-state index < -0.39 is 5.97 Å². The van der Waals surface area contributed by atoms with Crippen molar-refractivity contribution >= 4 is 11.9 Å². The van der Waals surface area contributed by atoms with Gasteiger partial charge >= 0.3 is 5.97 Å². The van der Waals surface area contributed by atoms with Crippen LogP contribution in [0.1, 0.15) is 22.8 Å². The zero-order valence-electron chi connectivity index (χ0n) is 12.4. The van der Waals surface area contributed by atoms with Crippen LogP contribution in [0.3, 0.4) is 0 Å². The number of carboxylic acids is 1. The van der Waals surface area contributed by atoms with Crippen LogP contribution in [0, 0.1) is 0 Å². The number of benzene rings is 1. The second-order valence-corrected chi connectivity index (χ2v) is 4.50. The molecule has 1 N–H and O–H groups in total. The minimum atomic E-state index is -0.964. The van der Waals surface area contributed by atoms with Crippen LogP contribution in [0.5, 0.6) is 0 Å². The van der Waals surface area contributed by atoms with E-state index in [4.69, 9.17) is 14.6 Å². The molecule has 0 aromatic heterocycles. The Hall–Kier alpha value is -1.92. The Morgan fingerprint density at radius 3 is 2.33 bits per heavy atom. The highest BCUT2D eigenvalue weighted by molar-refractivity contribution is 5.87. The number of carboxylic acid groups (broad SMARTS) is 1. The number of carbonyl (C=O) groups excluding carboxylic acids is 1. The number of hydrogen-bond acceptors (Lipinski definition) is 4. The highest BCUT2D eigenvalue weighted by Crippen LogP contribution is 2.07. The number of nitrogens with zero attached hydrogens (tertiary/aromatic N) is 1. The van der Waals surface area contributed by atoms with Gasteiger partial charge in [-0.05, 0) is 24.6 Å². The van der Waals surface area contributed by atoms with Crippen LogP contribution in [0.4, 0.5) is 0 Å². The number of rotatable bonds is 9. The third-order valence-electron chi connectivity index (χ3n) is 2.85. The highest BCUT2D eigenvalue weighted by Gasteiger charge is 2.10. The monoisotopic (exact) mass is 295 g/mol. The smallest absolute Gasteiger partial charge is 0.335 e. The van der Waals surface area contributed by atoms with Gasteiger partial charge in [-0.15, -0.1) is 0 Å². The average molecular weight is 295 g/mol. The fraction of sp³-hybridized carbons (Fsp3) is 0.467. The minimum Gasteiger partial charge on any atom is -0.478 e. The van der Waals surface area contributed by atoms with E-state index in [2.05, 4.69) is 0 Å². The molecule has 0 saturated heterocycles. The molecule has 21 heavy (non-hydrogen) atoms. The third-order valence-corrected chi connectivity index (χ3v) is 2.85. The Morgan fingerprint density at radius 1 is 1.14 bits per heavy atom. The first kappa shape index (κ1) is 17.1. The van der Waals surface area contributed by atoms with Gasteiger partial charge in [-0.2, -0.15) is 0 Å². The SMILES string of the molecule is CCOCCOCC(=O)N(C)Cc1ccc(C(=O)O)cc1. The van der Waals surface area contributed by atoms with E-state index in [0.717, 1.165) is 5.56 Å². The van der Waals surface area contributed by atoms with Crippen molar-refractivity contribution in [1.82, 2.24) is 4.90 Å². The molecule has 0 aliphatic heterocycles. The van der Waals surface area contributed by atoms with Crippen molar-refractivity contribution in [3.63, 3.8) is 0 Å². The van der Waals surface area contributed by atoms with Crippen molar-refractivity contribution in [2.24, 2.45) is 0 Å². The molecule has 0 bridgehead atoms. The molecule has 116 valence electrons. The van der Waals surface area contributed by atoms with Gasteiger partial charge in [0.05, 0.1) is 18.8 Å². The van der Waals surface area contributed by atoms with Crippen LogP contribution in [0.2, 0.25) is 0 Å². The summed E-state index contributed by atoms with van der Waals surface area (Å²) in [4.78, 5) is 24.1. The topological polar surface area (TPSA) is 76.1 Å². The van der Waals surface area contributed by atoms with Gasteiger partial charge in [-0.25, -0.2) is 4.79 Å². The second-order valence-electron chi connectivity index (χ2n) is 4.50. The maximum Gasteiger partial charge on any atom is 0.335 e. The fourth-order valence-corrected chi connectivity index (χ4v) is 1.65.